The first-order valence-electron chi connectivity index (χ1n) is 8.55. The smallest absolute Gasteiger partial charge is 0.243 e. The Kier molecular flexibility index (Phi) is 4.71. The van der Waals surface area contributed by atoms with E-state index in [4.69, 9.17) is 21.8 Å². The van der Waals surface area contributed by atoms with Gasteiger partial charge in [0.2, 0.25) is 10.0 Å². The Bertz CT molecular complexity index is 1100. The Morgan fingerprint density at radius 2 is 1.93 bits per heavy atom. The van der Waals surface area contributed by atoms with Gasteiger partial charge >= 0.3 is 0 Å². The van der Waals surface area contributed by atoms with Crippen LogP contribution in [-0.2, 0) is 16.6 Å². The third-order valence-corrected chi connectivity index (χ3v) is 6.90. The second-order valence-electron chi connectivity index (χ2n) is 6.57. The highest BCUT2D eigenvalue weighted by molar-refractivity contribution is 7.89. The first-order valence-corrected chi connectivity index (χ1v) is 10.4. The van der Waals surface area contributed by atoms with Crippen LogP contribution in [0.5, 0.6) is 0 Å². The highest BCUT2D eigenvalue weighted by Crippen LogP contribution is 2.33. The molecule has 0 spiro atoms. The molecule has 0 radical (unpaired) electrons. The summed E-state index contributed by atoms with van der Waals surface area (Å²) in [5.74, 6) is 0.641. The van der Waals surface area contributed by atoms with Crippen molar-refractivity contribution in [3.63, 3.8) is 0 Å². The Morgan fingerprint density at radius 3 is 2.56 bits per heavy atom. The van der Waals surface area contributed by atoms with E-state index in [2.05, 4.69) is 0 Å². The molecule has 1 aliphatic rings. The molecular formula is C19H18ClFN2O3S. The quantitative estimate of drug-likeness (QED) is 0.709. The topological polar surface area (TPSA) is 76.5 Å². The molecule has 1 atom stereocenters. The lowest BCUT2D eigenvalue weighted by Crippen LogP contribution is -2.29. The van der Waals surface area contributed by atoms with Crippen LogP contribution in [0.25, 0.3) is 22.1 Å². The largest absolute Gasteiger partial charge is 0.458 e. The molecule has 3 aromatic rings. The Balaban J connectivity index is 1.67. The number of nitrogens with two attached hydrogens (primary N) is 1. The highest BCUT2D eigenvalue weighted by atomic mass is 35.5. The van der Waals surface area contributed by atoms with Crippen LogP contribution in [0.4, 0.5) is 4.39 Å². The molecule has 27 heavy (non-hydrogen) atoms. The highest BCUT2D eigenvalue weighted by Gasteiger charge is 2.32. The summed E-state index contributed by atoms with van der Waals surface area (Å²) < 4.78 is 45.4. The van der Waals surface area contributed by atoms with Crippen molar-refractivity contribution in [1.29, 1.82) is 0 Å². The van der Waals surface area contributed by atoms with Gasteiger partial charge in [-0.2, -0.15) is 4.31 Å². The van der Waals surface area contributed by atoms with E-state index in [1.165, 1.54) is 16.4 Å². The number of benzene rings is 2. The van der Waals surface area contributed by atoms with E-state index >= 15 is 0 Å². The second kappa shape index (κ2) is 6.91. The summed E-state index contributed by atoms with van der Waals surface area (Å²) in [7, 11) is -3.68. The van der Waals surface area contributed by atoms with Crippen molar-refractivity contribution in [2.45, 2.75) is 24.0 Å². The normalized spacial score (nSPS) is 18.4. The van der Waals surface area contributed by atoms with Gasteiger partial charge in [0.05, 0.1) is 16.5 Å². The van der Waals surface area contributed by atoms with Gasteiger partial charge in [0.1, 0.15) is 11.9 Å². The minimum absolute atomic E-state index is 0.0830. The van der Waals surface area contributed by atoms with Crippen molar-refractivity contribution in [1.82, 2.24) is 4.31 Å². The van der Waals surface area contributed by atoms with Gasteiger partial charge in [0, 0.05) is 18.5 Å². The fourth-order valence-electron chi connectivity index (χ4n) is 3.31. The molecule has 142 valence electrons. The molecule has 0 bridgehead atoms. The third-order valence-electron chi connectivity index (χ3n) is 4.74. The third kappa shape index (κ3) is 3.36. The van der Waals surface area contributed by atoms with Crippen molar-refractivity contribution < 1.29 is 17.2 Å². The molecule has 5 nitrogen and oxygen atoms in total. The van der Waals surface area contributed by atoms with Crippen molar-refractivity contribution in [2.24, 2.45) is 5.73 Å². The van der Waals surface area contributed by atoms with Crippen molar-refractivity contribution in [3.8, 4) is 11.1 Å². The number of alkyl halides is 1. The van der Waals surface area contributed by atoms with Crippen LogP contribution in [-0.4, -0.2) is 32.0 Å². The van der Waals surface area contributed by atoms with E-state index in [1.807, 2.05) is 12.1 Å². The molecular weight excluding hydrogens is 391 g/mol. The van der Waals surface area contributed by atoms with Crippen LogP contribution < -0.4 is 5.73 Å². The van der Waals surface area contributed by atoms with Gasteiger partial charge < -0.3 is 10.2 Å². The van der Waals surface area contributed by atoms with Gasteiger partial charge in [0.25, 0.3) is 0 Å². The summed E-state index contributed by atoms with van der Waals surface area (Å²) in [6.45, 7) is 0.408. The SMILES string of the molecule is NCc1cc2cc(-c3ccc(S(=O)(=O)N4CCC(F)C4)cc3)cc(Cl)c2o1. The maximum Gasteiger partial charge on any atom is 0.243 e. The summed E-state index contributed by atoms with van der Waals surface area (Å²) in [4.78, 5) is 0.154. The first-order chi connectivity index (χ1) is 12.9. The molecule has 1 aromatic heterocycles. The molecule has 4 rings (SSSR count). The standard InChI is InChI=1S/C19H18ClFN2O3S/c20-18-9-13(7-14-8-16(10-22)26-19(14)18)12-1-3-17(4-2-12)27(24,25)23-6-5-15(21)11-23/h1-4,7-9,15H,5-6,10-11,22H2. The van der Waals surface area contributed by atoms with E-state index in [0.717, 1.165) is 16.5 Å². The van der Waals surface area contributed by atoms with Crippen LogP contribution in [0.3, 0.4) is 0 Å². The van der Waals surface area contributed by atoms with Crippen LogP contribution in [0.1, 0.15) is 12.2 Å². The summed E-state index contributed by atoms with van der Waals surface area (Å²) in [5.41, 5.74) is 7.84. The van der Waals surface area contributed by atoms with E-state index in [9.17, 15) is 12.8 Å². The fraction of sp³-hybridized carbons (Fsp3) is 0.263. The Labute approximate surface area is 161 Å². The van der Waals surface area contributed by atoms with Gasteiger partial charge in [0.15, 0.2) is 5.58 Å². The van der Waals surface area contributed by atoms with Gasteiger partial charge in [-0.1, -0.05) is 23.7 Å². The molecule has 0 aliphatic carbocycles. The number of hydrogen-bond acceptors (Lipinski definition) is 4. The average Bonchev–Trinajstić information content (AvgIpc) is 3.28. The van der Waals surface area contributed by atoms with Crippen LogP contribution in [0.15, 0.2) is 51.8 Å². The molecule has 1 fully saturated rings. The molecule has 1 aliphatic heterocycles. The monoisotopic (exact) mass is 408 g/mol. The molecule has 8 heteroatoms. The van der Waals surface area contributed by atoms with E-state index in [-0.39, 0.29) is 31.0 Å². The van der Waals surface area contributed by atoms with E-state index in [0.29, 0.717) is 16.4 Å². The summed E-state index contributed by atoms with van der Waals surface area (Å²) in [6.07, 6.45) is -0.855. The van der Waals surface area contributed by atoms with E-state index in [1.54, 1.807) is 18.2 Å². The Hall–Kier alpha value is -1.93. The minimum atomic E-state index is -3.68. The molecule has 2 aromatic carbocycles. The van der Waals surface area contributed by atoms with Gasteiger partial charge in [-0.25, -0.2) is 12.8 Å². The van der Waals surface area contributed by atoms with Crippen molar-refractivity contribution in [2.75, 3.05) is 13.1 Å². The van der Waals surface area contributed by atoms with Crippen molar-refractivity contribution >= 4 is 32.6 Å². The summed E-state index contributed by atoms with van der Waals surface area (Å²) in [6, 6.07) is 12.0. The molecule has 1 saturated heterocycles. The number of nitrogens with zero attached hydrogens (tertiary/aromatic N) is 1. The zero-order valence-corrected chi connectivity index (χ0v) is 15.9. The number of sulfonamides is 1. The lowest BCUT2D eigenvalue weighted by atomic mass is 10.0. The minimum Gasteiger partial charge on any atom is -0.458 e. The maximum atomic E-state index is 13.4. The number of furan rings is 1. The molecule has 1 unspecified atom stereocenters. The summed E-state index contributed by atoms with van der Waals surface area (Å²) in [5, 5.41) is 1.30. The Morgan fingerprint density at radius 1 is 1.19 bits per heavy atom. The number of halogens is 2. The van der Waals surface area contributed by atoms with Gasteiger partial charge in [-0.3, -0.25) is 0 Å². The molecule has 0 saturated carbocycles. The molecule has 2 N–H and O–H groups in total. The van der Waals surface area contributed by atoms with Crippen molar-refractivity contribution in [3.05, 3.63) is 53.2 Å². The van der Waals surface area contributed by atoms with Gasteiger partial charge in [-0.15, -0.1) is 0 Å². The average molecular weight is 409 g/mol. The number of hydrogen-bond donors (Lipinski definition) is 1. The predicted molar refractivity (Wildman–Crippen MR) is 103 cm³/mol. The second-order valence-corrected chi connectivity index (χ2v) is 8.91. The van der Waals surface area contributed by atoms with E-state index < -0.39 is 16.2 Å². The number of rotatable bonds is 4. The molecule has 0 amide bonds. The van der Waals surface area contributed by atoms with Crippen LogP contribution >= 0.6 is 11.6 Å². The zero-order chi connectivity index (χ0) is 19.2. The van der Waals surface area contributed by atoms with Crippen LogP contribution in [0, 0.1) is 0 Å². The van der Waals surface area contributed by atoms with Gasteiger partial charge in [-0.05, 0) is 47.9 Å². The fourth-order valence-corrected chi connectivity index (χ4v) is 5.05. The van der Waals surface area contributed by atoms with Crippen LogP contribution in [0.2, 0.25) is 5.02 Å². The summed E-state index contributed by atoms with van der Waals surface area (Å²) >= 11 is 6.31. The molecule has 2 heterocycles. The lowest BCUT2D eigenvalue weighted by molar-refractivity contribution is 0.343. The lowest BCUT2D eigenvalue weighted by Gasteiger charge is -2.15. The maximum absolute atomic E-state index is 13.4. The number of fused-ring (bicyclic) bond motifs is 1. The predicted octanol–water partition coefficient (Wildman–Crippen LogP) is 3.94. The zero-order valence-electron chi connectivity index (χ0n) is 14.4. The first kappa shape index (κ1) is 18.4.